The first kappa shape index (κ1) is 13.5. The van der Waals surface area contributed by atoms with Crippen LogP contribution in [-0.4, -0.2) is 21.7 Å². The number of aromatic nitrogens is 2. The molecular formula is C12H7N5O2S. The Balaban J connectivity index is 2.19. The minimum Gasteiger partial charge on any atom is -0.314 e. The van der Waals surface area contributed by atoms with Crippen LogP contribution in [0.15, 0.2) is 12.1 Å². The second kappa shape index (κ2) is 5.34. The van der Waals surface area contributed by atoms with Crippen LogP contribution in [0.2, 0.25) is 0 Å². The lowest BCUT2D eigenvalue weighted by atomic mass is 10.3. The standard InChI is InChI=1S/C12H7N5O2S/c1-6(18)9-2-3-10(20-9)11(19)17-12-15-7(4-13)8(5-14)16-12/h2-3H,1H3,(H2,15,16,17,19). The van der Waals surface area contributed by atoms with Crippen molar-refractivity contribution in [1.29, 1.82) is 10.5 Å². The van der Waals surface area contributed by atoms with E-state index in [1.54, 1.807) is 18.2 Å². The van der Waals surface area contributed by atoms with Crippen LogP contribution in [0.5, 0.6) is 0 Å². The third kappa shape index (κ3) is 2.55. The van der Waals surface area contributed by atoms with Crippen LogP contribution in [0.4, 0.5) is 5.95 Å². The van der Waals surface area contributed by atoms with Crippen molar-refractivity contribution in [3.63, 3.8) is 0 Å². The van der Waals surface area contributed by atoms with Gasteiger partial charge in [-0.3, -0.25) is 14.9 Å². The summed E-state index contributed by atoms with van der Waals surface area (Å²) in [5.74, 6) is -0.573. The highest BCUT2D eigenvalue weighted by Gasteiger charge is 2.15. The summed E-state index contributed by atoms with van der Waals surface area (Å²) in [6.07, 6.45) is 0. The van der Waals surface area contributed by atoms with Crippen LogP contribution < -0.4 is 5.32 Å². The second-order valence-corrected chi connectivity index (χ2v) is 4.79. The molecule has 2 aromatic rings. The number of hydrogen-bond acceptors (Lipinski definition) is 6. The molecular weight excluding hydrogens is 278 g/mol. The molecule has 98 valence electrons. The number of amides is 1. The highest BCUT2D eigenvalue weighted by Crippen LogP contribution is 2.18. The van der Waals surface area contributed by atoms with Crippen LogP contribution in [0.25, 0.3) is 0 Å². The Kier molecular flexibility index (Phi) is 3.60. The summed E-state index contributed by atoms with van der Waals surface area (Å²) in [5.41, 5.74) is -0.100. The lowest BCUT2D eigenvalue weighted by molar-refractivity contribution is 0.101. The zero-order chi connectivity index (χ0) is 14.7. The van der Waals surface area contributed by atoms with Gasteiger partial charge in [0, 0.05) is 0 Å². The minimum absolute atomic E-state index is 0.0147. The molecule has 0 aliphatic carbocycles. The molecule has 2 heterocycles. The Morgan fingerprint density at radius 3 is 2.50 bits per heavy atom. The van der Waals surface area contributed by atoms with E-state index in [0.29, 0.717) is 9.75 Å². The molecule has 0 radical (unpaired) electrons. The second-order valence-electron chi connectivity index (χ2n) is 3.71. The van der Waals surface area contributed by atoms with Gasteiger partial charge in [0.05, 0.1) is 9.75 Å². The van der Waals surface area contributed by atoms with Crippen molar-refractivity contribution in [2.24, 2.45) is 0 Å². The Bertz CT molecular complexity index is 743. The molecule has 20 heavy (non-hydrogen) atoms. The molecule has 0 bridgehead atoms. The van der Waals surface area contributed by atoms with Crippen molar-refractivity contribution < 1.29 is 9.59 Å². The van der Waals surface area contributed by atoms with Crippen LogP contribution >= 0.6 is 11.3 Å². The number of anilines is 1. The number of Topliss-reactive ketones (excluding diaryl/α,β-unsaturated/α-hetero) is 1. The first-order chi connectivity index (χ1) is 9.55. The molecule has 0 fully saturated rings. The quantitative estimate of drug-likeness (QED) is 0.830. The van der Waals surface area contributed by atoms with Crippen LogP contribution in [0.3, 0.4) is 0 Å². The molecule has 0 aliphatic heterocycles. The van der Waals surface area contributed by atoms with Gasteiger partial charge in [-0.05, 0) is 19.1 Å². The fraction of sp³-hybridized carbons (Fsp3) is 0.0833. The van der Waals surface area contributed by atoms with Gasteiger partial charge in [-0.2, -0.15) is 10.5 Å². The van der Waals surface area contributed by atoms with Crippen molar-refractivity contribution in [2.75, 3.05) is 5.32 Å². The SMILES string of the molecule is CC(=O)c1ccc(C(=O)Nc2nc(C#N)c(C#N)[nH]2)s1. The number of ketones is 1. The summed E-state index contributed by atoms with van der Waals surface area (Å²) >= 11 is 1.06. The number of carbonyl (C=O) groups excluding carboxylic acids is 2. The molecule has 2 rings (SSSR count). The lowest BCUT2D eigenvalue weighted by Crippen LogP contribution is -2.11. The molecule has 0 saturated carbocycles. The molecule has 2 N–H and O–H groups in total. The molecule has 0 aromatic carbocycles. The zero-order valence-electron chi connectivity index (χ0n) is 10.2. The predicted molar refractivity (Wildman–Crippen MR) is 70.3 cm³/mol. The van der Waals surface area contributed by atoms with E-state index in [1.165, 1.54) is 13.0 Å². The third-order valence-corrected chi connectivity index (χ3v) is 3.52. The van der Waals surface area contributed by atoms with Crippen molar-refractivity contribution in [1.82, 2.24) is 9.97 Å². The number of hydrogen-bond donors (Lipinski definition) is 2. The molecule has 0 spiro atoms. The molecule has 8 heteroatoms. The number of imidazole rings is 1. The number of carbonyl (C=O) groups is 2. The monoisotopic (exact) mass is 285 g/mol. The number of nitrogens with zero attached hydrogens (tertiary/aromatic N) is 3. The number of nitriles is 2. The van der Waals surface area contributed by atoms with Crippen LogP contribution in [0, 0.1) is 22.7 Å². The van der Waals surface area contributed by atoms with E-state index < -0.39 is 5.91 Å². The molecule has 0 unspecified atom stereocenters. The van der Waals surface area contributed by atoms with Gasteiger partial charge in [-0.1, -0.05) is 0 Å². The average molecular weight is 285 g/mol. The summed E-state index contributed by atoms with van der Waals surface area (Å²) in [6, 6.07) is 6.59. The summed E-state index contributed by atoms with van der Waals surface area (Å²) in [6.45, 7) is 1.42. The molecule has 7 nitrogen and oxygen atoms in total. The number of thiophene rings is 1. The normalized spacial score (nSPS) is 9.55. The van der Waals surface area contributed by atoms with E-state index in [2.05, 4.69) is 15.3 Å². The maximum atomic E-state index is 11.9. The zero-order valence-corrected chi connectivity index (χ0v) is 11.0. The summed E-state index contributed by atoms with van der Waals surface area (Å²) in [5, 5.41) is 19.9. The van der Waals surface area contributed by atoms with Gasteiger partial charge in [-0.15, -0.1) is 11.3 Å². The van der Waals surface area contributed by atoms with E-state index >= 15 is 0 Å². The van der Waals surface area contributed by atoms with E-state index in [-0.39, 0.29) is 23.1 Å². The molecule has 1 amide bonds. The largest absolute Gasteiger partial charge is 0.314 e. The fourth-order valence-electron chi connectivity index (χ4n) is 1.41. The summed E-state index contributed by atoms with van der Waals surface area (Å²) < 4.78 is 0. The lowest BCUT2D eigenvalue weighted by Gasteiger charge is -1.97. The van der Waals surface area contributed by atoms with E-state index in [4.69, 9.17) is 10.5 Å². The topological polar surface area (TPSA) is 122 Å². The summed E-state index contributed by atoms with van der Waals surface area (Å²) in [7, 11) is 0. The van der Waals surface area contributed by atoms with Gasteiger partial charge in [0.1, 0.15) is 12.1 Å². The van der Waals surface area contributed by atoms with Crippen LogP contribution in [0.1, 0.15) is 37.7 Å². The highest BCUT2D eigenvalue weighted by molar-refractivity contribution is 7.16. The van der Waals surface area contributed by atoms with Crippen molar-refractivity contribution in [3.05, 3.63) is 33.3 Å². The van der Waals surface area contributed by atoms with Gasteiger partial charge < -0.3 is 4.98 Å². The predicted octanol–water partition coefficient (Wildman–Crippen LogP) is 1.67. The van der Waals surface area contributed by atoms with Gasteiger partial charge in [0.15, 0.2) is 17.2 Å². The van der Waals surface area contributed by atoms with Crippen LogP contribution in [-0.2, 0) is 0 Å². The molecule has 0 atom stereocenters. The highest BCUT2D eigenvalue weighted by atomic mass is 32.1. The third-order valence-electron chi connectivity index (χ3n) is 2.33. The minimum atomic E-state index is -0.467. The molecule has 0 saturated heterocycles. The van der Waals surface area contributed by atoms with E-state index in [0.717, 1.165) is 11.3 Å². The van der Waals surface area contributed by atoms with Gasteiger partial charge in [0.25, 0.3) is 5.91 Å². The van der Waals surface area contributed by atoms with Crippen molar-refractivity contribution in [2.45, 2.75) is 6.92 Å². The van der Waals surface area contributed by atoms with E-state index in [1.807, 2.05) is 0 Å². The Morgan fingerprint density at radius 2 is 2.00 bits per heavy atom. The summed E-state index contributed by atoms with van der Waals surface area (Å²) in [4.78, 5) is 30.2. The molecule has 0 aliphatic rings. The number of rotatable bonds is 3. The van der Waals surface area contributed by atoms with E-state index in [9.17, 15) is 9.59 Å². The van der Waals surface area contributed by atoms with Gasteiger partial charge >= 0.3 is 0 Å². The number of nitrogens with one attached hydrogen (secondary N) is 2. The average Bonchev–Trinajstić information content (AvgIpc) is 3.04. The maximum Gasteiger partial charge on any atom is 0.268 e. The maximum absolute atomic E-state index is 11.9. The Hall–Kier alpha value is -2.97. The van der Waals surface area contributed by atoms with Crippen molar-refractivity contribution in [3.8, 4) is 12.1 Å². The van der Waals surface area contributed by atoms with Gasteiger partial charge in [0.2, 0.25) is 5.95 Å². The van der Waals surface area contributed by atoms with Gasteiger partial charge in [-0.25, -0.2) is 4.98 Å². The van der Waals surface area contributed by atoms with Crippen molar-refractivity contribution >= 4 is 29.0 Å². The molecule has 2 aromatic heterocycles. The number of H-pyrrole nitrogens is 1. The Morgan fingerprint density at radius 1 is 1.30 bits per heavy atom. The smallest absolute Gasteiger partial charge is 0.268 e. The first-order valence-electron chi connectivity index (χ1n) is 5.37. The fourth-order valence-corrected chi connectivity index (χ4v) is 2.21. The Labute approximate surface area is 117 Å². The first-order valence-corrected chi connectivity index (χ1v) is 6.19. The number of aromatic amines is 1.